The Balaban J connectivity index is 1.63. The molecule has 1 saturated heterocycles. The molecule has 0 saturated carbocycles. The number of halogens is 3. The van der Waals surface area contributed by atoms with E-state index in [1.807, 2.05) is 18.2 Å². The van der Waals surface area contributed by atoms with Crippen LogP contribution in [-0.4, -0.2) is 36.0 Å². The summed E-state index contributed by atoms with van der Waals surface area (Å²) in [5, 5.41) is 12.2. The highest BCUT2D eigenvalue weighted by molar-refractivity contribution is 5.93. The van der Waals surface area contributed by atoms with E-state index in [9.17, 15) is 13.2 Å². The average molecular weight is 416 g/mol. The summed E-state index contributed by atoms with van der Waals surface area (Å²) in [5.41, 5.74) is 1.78. The molecule has 158 valence electrons. The molecule has 1 aromatic heterocycles. The van der Waals surface area contributed by atoms with Crippen LogP contribution in [0.3, 0.4) is 0 Å². The molecule has 30 heavy (non-hydrogen) atoms. The Morgan fingerprint density at radius 1 is 1.17 bits per heavy atom. The van der Waals surface area contributed by atoms with Gasteiger partial charge >= 0.3 is 0 Å². The first-order chi connectivity index (χ1) is 14.3. The summed E-state index contributed by atoms with van der Waals surface area (Å²) in [4.78, 5) is 2.20. The number of rotatable bonds is 6. The number of alkyl halides is 2. The third kappa shape index (κ3) is 3.67. The zero-order valence-corrected chi connectivity index (χ0v) is 17.0. The van der Waals surface area contributed by atoms with Crippen LogP contribution in [0.4, 0.5) is 24.5 Å². The molecule has 0 radical (unpaired) electrons. The Bertz CT molecular complexity index is 1070. The van der Waals surface area contributed by atoms with Crippen LogP contribution < -0.4 is 10.2 Å². The Hall–Kier alpha value is -2.87. The molecule has 0 bridgehead atoms. The molecule has 5 nitrogen and oxygen atoms in total. The van der Waals surface area contributed by atoms with Crippen molar-refractivity contribution in [2.75, 3.05) is 30.4 Å². The predicted molar refractivity (Wildman–Crippen MR) is 111 cm³/mol. The third-order valence-electron chi connectivity index (χ3n) is 5.66. The van der Waals surface area contributed by atoms with E-state index in [1.165, 1.54) is 12.1 Å². The Morgan fingerprint density at radius 2 is 1.90 bits per heavy atom. The van der Waals surface area contributed by atoms with E-state index in [1.54, 1.807) is 20.2 Å². The minimum atomic E-state index is -2.86. The lowest BCUT2D eigenvalue weighted by Crippen LogP contribution is -2.61. The van der Waals surface area contributed by atoms with Crippen molar-refractivity contribution < 1.29 is 17.9 Å². The van der Waals surface area contributed by atoms with Crippen molar-refractivity contribution in [3.63, 3.8) is 0 Å². The number of fused-ring (bicyclic) bond motifs is 1. The minimum Gasteiger partial charge on any atom is -0.377 e. The van der Waals surface area contributed by atoms with Crippen LogP contribution in [0.15, 0.2) is 42.6 Å². The number of anilines is 2. The summed E-state index contributed by atoms with van der Waals surface area (Å²) < 4.78 is 46.2. The molecule has 1 N–H and O–H groups in total. The van der Waals surface area contributed by atoms with Gasteiger partial charge in [0.2, 0.25) is 0 Å². The van der Waals surface area contributed by atoms with Crippen molar-refractivity contribution >= 4 is 22.3 Å². The molecule has 0 amide bonds. The van der Waals surface area contributed by atoms with E-state index in [0.29, 0.717) is 11.2 Å². The van der Waals surface area contributed by atoms with E-state index in [2.05, 4.69) is 27.3 Å². The van der Waals surface area contributed by atoms with Crippen molar-refractivity contribution in [2.24, 2.45) is 0 Å². The molecule has 2 heterocycles. The van der Waals surface area contributed by atoms with Crippen LogP contribution in [0.2, 0.25) is 0 Å². The van der Waals surface area contributed by atoms with E-state index in [-0.39, 0.29) is 11.2 Å². The molecule has 1 fully saturated rings. The second kappa shape index (κ2) is 7.75. The lowest BCUT2D eigenvalue weighted by Gasteiger charge is -2.48. The summed E-state index contributed by atoms with van der Waals surface area (Å²) in [5.74, 6) is -0.890. The van der Waals surface area contributed by atoms with Crippen LogP contribution in [0.25, 0.3) is 10.9 Å². The van der Waals surface area contributed by atoms with Crippen molar-refractivity contribution in [3.8, 4) is 0 Å². The Kier molecular flexibility index (Phi) is 5.27. The van der Waals surface area contributed by atoms with Gasteiger partial charge in [0.05, 0.1) is 34.6 Å². The van der Waals surface area contributed by atoms with Gasteiger partial charge in [-0.25, -0.2) is 13.2 Å². The molecule has 4 rings (SSSR count). The zero-order valence-electron chi connectivity index (χ0n) is 17.0. The van der Waals surface area contributed by atoms with Crippen LogP contribution >= 0.6 is 0 Å². The monoisotopic (exact) mass is 416 g/mol. The summed E-state index contributed by atoms with van der Waals surface area (Å²) in [7, 11) is 1.71. The highest BCUT2D eigenvalue weighted by atomic mass is 19.3. The quantitative estimate of drug-likeness (QED) is 0.606. The molecule has 1 aliphatic heterocycles. The normalized spacial score (nSPS) is 16.6. The molecule has 0 unspecified atom stereocenters. The second-order valence-corrected chi connectivity index (χ2v) is 7.89. The predicted octanol–water partition coefficient (Wildman–Crippen LogP) is 5.10. The van der Waals surface area contributed by atoms with Gasteiger partial charge in [-0.05, 0) is 32.0 Å². The summed E-state index contributed by atoms with van der Waals surface area (Å²) in [6.07, 6.45) is -1.30. The Labute approximate surface area is 172 Å². The molecular formula is C22H23F3N4O. The van der Waals surface area contributed by atoms with E-state index < -0.39 is 23.8 Å². The van der Waals surface area contributed by atoms with Crippen molar-refractivity contribution in [3.05, 3.63) is 59.5 Å². The third-order valence-corrected chi connectivity index (χ3v) is 5.66. The van der Waals surface area contributed by atoms with Gasteiger partial charge in [0, 0.05) is 36.8 Å². The number of nitrogens with one attached hydrogen (secondary N) is 1. The fourth-order valence-electron chi connectivity index (χ4n) is 3.81. The molecule has 1 aliphatic rings. The smallest absolute Gasteiger partial charge is 0.266 e. The molecular weight excluding hydrogens is 393 g/mol. The average Bonchev–Trinajstić information content (AvgIpc) is 2.71. The molecule has 0 spiro atoms. The first kappa shape index (κ1) is 20.4. The first-order valence-electron chi connectivity index (χ1n) is 9.70. The summed E-state index contributed by atoms with van der Waals surface area (Å²) in [6, 6.07) is 9.37. The van der Waals surface area contributed by atoms with E-state index >= 15 is 0 Å². The number of methoxy groups -OCH3 is 1. The number of hydrogen-bond acceptors (Lipinski definition) is 5. The minimum absolute atomic E-state index is 0.158. The molecule has 0 aliphatic carbocycles. The van der Waals surface area contributed by atoms with E-state index in [4.69, 9.17) is 4.74 Å². The fourth-order valence-corrected chi connectivity index (χ4v) is 3.81. The van der Waals surface area contributed by atoms with Crippen molar-refractivity contribution in [1.82, 2.24) is 10.2 Å². The van der Waals surface area contributed by atoms with E-state index in [0.717, 1.165) is 30.2 Å². The molecule has 1 atom stereocenters. The van der Waals surface area contributed by atoms with Crippen LogP contribution in [0.5, 0.6) is 0 Å². The van der Waals surface area contributed by atoms with Gasteiger partial charge in [-0.15, -0.1) is 0 Å². The summed E-state index contributed by atoms with van der Waals surface area (Å²) in [6.45, 7) is 5.34. The maximum Gasteiger partial charge on any atom is 0.266 e. The van der Waals surface area contributed by atoms with Crippen molar-refractivity contribution in [1.29, 1.82) is 0 Å². The lowest BCUT2D eigenvalue weighted by atomic mass is 9.95. The molecule has 2 aromatic carbocycles. The van der Waals surface area contributed by atoms with Gasteiger partial charge in [0.1, 0.15) is 5.82 Å². The number of ether oxygens (including phenoxy) is 1. The van der Waals surface area contributed by atoms with Gasteiger partial charge < -0.3 is 15.0 Å². The molecule has 8 heteroatoms. The van der Waals surface area contributed by atoms with Crippen LogP contribution in [-0.2, 0) is 4.74 Å². The Morgan fingerprint density at radius 3 is 2.60 bits per heavy atom. The van der Waals surface area contributed by atoms with Crippen molar-refractivity contribution in [2.45, 2.75) is 31.9 Å². The van der Waals surface area contributed by atoms with Gasteiger partial charge in [0.15, 0.2) is 0 Å². The number of nitrogens with zero attached hydrogens (tertiary/aromatic N) is 3. The van der Waals surface area contributed by atoms with Gasteiger partial charge in [0.25, 0.3) is 6.43 Å². The SMILES string of the molecule is COC1(C)CN(c2ccc3nncc(N[C@H](C)c4cccc(C(F)F)c4F)c3c2)C1. The van der Waals surface area contributed by atoms with Gasteiger partial charge in [-0.3, -0.25) is 0 Å². The second-order valence-electron chi connectivity index (χ2n) is 7.89. The molecule has 3 aromatic rings. The number of benzene rings is 2. The number of hydrogen-bond donors (Lipinski definition) is 1. The van der Waals surface area contributed by atoms with Crippen LogP contribution in [0, 0.1) is 5.82 Å². The fraction of sp³-hybridized carbons (Fsp3) is 0.364. The topological polar surface area (TPSA) is 50.3 Å². The maximum atomic E-state index is 14.6. The highest BCUT2D eigenvalue weighted by Crippen LogP contribution is 2.34. The zero-order chi connectivity index (χ0) is 21.5. The van der Waals surface area contributed by atoms with Gasteiger partial charge in [-0.1, -0.05) is 18.2 Å². The summed E-state index contributed by atoms with van der Waals surface area (Å²) >= 11 is 0. The maximum absolute atomic E-state index is 14.6. The van der Waals surface area contributed by atoms with Crippen LogP contribution in [0.1, 0.15) is 37.4 Å². The lowest BCUT2D eigenvalue weighted by molar-refractivity contribution is -0.0167. The standard InChI is InChI=1S/C22H23F3N4O/c1-13(15-5-4-6-16(20(15)23)21(24)25)27-19-10-26-28-18-8-7-14(9-17(18)19)29-11-22(2,12-29)30-3/h4-10,13,21H,11-12H2,1-3H3,(H,27,28)/t13-/m1/s1. The largest absolute Gasteiger partial charge is 0.377 e. The number of aromatic nitrogens is 2. The van der Waals surface area contributed by atoms with Gasteiger partial charge in [-0.2, -0.15) is 10.2 Å². The highest BCUT2D eigenvalue weighted by Gasteiger charge is 2.39. The first-order valence-corrected chi connectivity index (χ1v) is 9.70.